The van der Waals surface area contributed by atoms with Gasteiger partial charge >= 0.3 is 0 Å². The van der Waals surface area contributed by atoms with Gasteiger partial charge in [0.15, 0.2) is 0 Å². The van der Waals surface area contributed by atoms with Crippen molar-refractivity contribution in [3.63, 3.8) is 0 Å². The van der Waals surface area contributed by atoms with E-state index in [4.69, 9.17) is 0 Å². The van der Waals surface area contributed by atoms with E-state index in [2.05, 4.69) is 58.6 Å². The van der Waals surface area contributed by atoms with Gasteiger partial charge in [0.2, 0.25) is 0 Å². The number of aromatic nitrogens is 2. The molecule has 0 N–H and O–H groups in total. The summed E-state index contributed by atoms with van der Waals surface area (Å²) < 4.78 is 0. The number of thiazole rings is 1. The van der Waals surface area contributed by atoms with E-state index in [-0.39, 0.29) is 0 Å². The molecule has 2 aromatic carbocycles. The van der Waals surface area contributed by atoms with Gasteiger partial charge in [0.1, 0.15) is 11.2 Å². The SMILES string of the molecule is [c]1nc(-c2cccnc2)sc1-c1ccc2ccccc2c1. The zero-order valence-electron chi connectivity index (χ0n) is 11.2. The third kappa shape index (κ3) is 2.32. The summed E-state index contributed by atoms with van der Waals surface area (Å²) in [5, 5.41) is 3.43. The average molecular weight is 287 g/mol. The van der Waals surface area contributed by atoms with Gasteiger partial charge in [0, 0.05) is 18.0 Å². The molecule has 1 radical (unpaired) electrons. The van der Waals surface area contributed by atoms with Crippen molar-refractivity contribution < 1.29 is 0 Å². The van der Waals surface area contributed by atoms with Crippen molar-refractivity contribution in [2.45, 2.75) is 0 Å². The fraction of sp³-hybridized carbons (Fsp3) is 0. The van der Waals surface area contributed by atoms with Crippen molar-refractivity contribution in [3.05, 3.63) is 73.2 Å². The minimum Gasteiger partial charge on any atom is -0.264 e. The summed E-state index contributed by atoms with van der Waals surface area (Å²) in [6, 6.07) is 18.8. The first-order valence-corrected chi connectivity index (χ1v) is 7.50. The molecule has 0 unspecified atom stereocenters. The Kier molecular flexibility index (Phi) is 2.98. The Morgan fingerprint density at radius 2 is 1.76 bits per heavy atom. The standard InChI is InChI=1S/C18H11N2S/c1-2-5-14-10-15(8-7-13(14)4-1)17-12-20-18(21-17)16-6-3-9-19-11-16/h1-11H. The molecule has 4 rings (SSSR count). The molecular weight excluding hydrogens is 276 g/mol. The van der Waals surface area contributed by atoms with Crippen LogP contribution in [0.15, 0.2) is 67.0 Å². The van der Waals surface area contributed by atoms with Gasteiger partial charge < -0.3 is 0 Å². The molecule has 4 aromatic rings. The van der Waals surface area contributed by atoms with Gasteiger partial charge in [-0.2, -0.15) is 0 Å². The van der Waals surface area contributed by atoms with Crippen molar-refractivity contribution in [1.29, 1.82) is 0 Å². The molecule has 21 heavy (non-hydrogen) atoms. The number of hydrogen-bond donors (Lipinski definition) is 0. The summed E-state index contributed by atoms with van der Waals surface area (Å²) in [5.74, 6) is 0. The van der Waals surface area contributed by atoms with E-state index in [0.29, 0.717) is 0 Å². The van der Waals surface area contributed by atoms with Gasteiger partial charge in [0.05, 0.1) is 4.88 Å². The van der Waals surface area contributed by atoms with E-state index < -0.39 is 0 Å². The Labute approximate surface area is 126 Å². The van der Waals surface area contributed by atoms with Crippen LogP contribution < -0.4 is 0 Å². The van der Waals surface area contributed by atoms with Crippen LogP contribution >= 0.6 is 11.3 Å². The number of nitrogens with zero attached hydrogens (tertiary/aromatic N) is 2. The lowest BCUT2D eigenvalue weighted by atomic mass is 10.1. The molecule has 0 amide bonds. The van der Waals surface area contributed by atoms with Gasteiger partial charge in [-0.25, -0.2) is 4.98 Å². The van der Waals surface area contributed by atoms with Gasteiger partial charge in [-0.05, 0) is 34.5 Å². The molecule has 0 aliphatic carbocycles. The molecule has 99 valence electrons. The highest BCUT2D eigenvalue weighted by Crippen LogP contribution is 2.32. The summed E-state index contributed by atoms with van der Waals surface area (Å²) in [6.07, 6.45) is 6.73. The Morgan fingerprint density at radius 1 is 0.857 bits per heavy atom. The Bertz CT molecular complexity index is 897. The highest BCUT2D eigenvalue weighted by atomic mass is 32.1. The monoisotopic (exact) mass is 287 g/mol. The van der Waals surface area contributed by atoms with Crippen LogP contribution in [-0.4, -0.2) is 9.97 Å². The molecule has 3 heteroatoms. The minimum atomic E-state index is 0.950. The normalized spacial score (nSPS) is 10.9. The Balaban J connectivity index is 1.77. The zero-order valence-corrected chi connectivity index (χ0v) is 12.0. The predicted molar refractivity (Wildman–Crippen MR) is 87.1 cm³/mol. The third-order valence-electron chi connectivity index (χ3n) is 3.38. The van der Waals surface area contributed by atoms with Gasteiger partial charge in [-0.3, -0.25) is 4.98 Å². The lowest BCUT2D eigenvalue weighted by molar-refractivity contribution is 1.31. The summed E-state index contributed by atoms with van der Waals surface area (Å²) in [7, 11) is 0. The maximum Gasteiger partial charge on any atom is 0.126 e. The molecule has 0 saturated heterocycles. The summed E-state index contributed by atoms with van der Waals surface area (Å²) in [6.45, 7) is 0. The summed E-state index contributed by atoms with van der Waals surface area (Å²) in [5.41, 5.74) is 2.19. The molecule has 2 heterocycles. The maximum atomic E-state index is 4.40. The van der Waals surface area contributed by atoms with Gasteiger partial charge in [-0.1, -0.05) is 36.4 Å². The van der Waals surface area contributed by atoms with Crippen LogP contribution in [-0.2, 0) is 0 Å². The highest BCUT2D eigenvalue weighted by Gasteiger charge is 2.07. The molecule has 0 fully saturated rings. The molecule has 0 atom stereocenters. The number of fused-ring (bicyclic) bond motifs is 1. The Hall–Kier alpha value is -2.52. The molecule has 0 saturated carbocycles. The van der Waals surface area contributed by atoms with Crippen LogP contribution in [0.4, 0.5) is 0 Å². The topological polar surface area (TPSA) is 25.8 Å². The highest BCUT2D eigenvalue weighted by molar-refractivity contribution is 7.18. The zero-order chi connectivity index (χ0) is 14.1. The molecule has 0 aliphatic rings. The van der Waals surface area contributed by atoms with Gasteiger partial charge in [0.25, 0.3) is 0 Å². The molecule has 0 spiro atoms. The van der Waals surface area contributed by atoms with Gasteiger partial charge in [-0.15, -0.1) is 11.3 Å². The smallest absolute Gasteiger partial charge is 0.126 e. The molecule has 2 aromatic heterocycles. The average Bonchev–Trinajstić information content (AvgIpc) is 3.05. The first-order valence-electron chi connectivity index (χ1n) is 6.68. The van der Waals surface area contributed by atoms with Crippen LogP contribution in [0.2, 0.25) is 0 Å². The quantitative estimate of drug-likeness (QED) is 0.528. The predicted octanol–water partition coefficient (Wildman–Crippen LogP) is 4.83. The van der Waals surface area contributed by atoms with E-state index in [0.717, 1.165) is 21.0 Å². The summed E-state index contributed by atoms with van der Waals surface area (Å²) >= 11 is 1.64. The van der Waals surface area contributed by atoms with Crippen LogP contribution in [0.25, 0.3) is 31.8 Å². The molecule has 0 bridgehead atoms. The minimum absolute atomic E-state index is 0.950. The van der Waals surface area contributed by atoms with Crippen LogP contribution in [0.5, 0.6) is 0 Å². The fourth-order valence-electron chi connectivity index (χ4n) is 2.31. The van der Waals surface area contributed by atoms with Crippen molar-refractivity contribution in [3.8, 4) is 21.0 Å². The van der Waals surface area contributed by atoms with Crippen molar-refractivity contribution in [2.75, 3.05) is 0 Å². The van der Waals surface area contributed by atoms with E-state index in [1.807, 2.05) is 18.3 Å². The third-order valence-corrected chi connectivity index (χ3v) is 4.43. The molecule has 2 nitrogen and oxygen atoms in total. The first-order chi connectivity index (χ1) is 10.4. The van der Waals surface area contributed by atoms with E-state index in [9.17, 15) is 0 Å². The number of benzene rings is 2. The second kappa shape index (κ2) is 5.11. The second-order valence-corrected chi connectivity index (χ2v) is 5.76. The number of rotatable bonds is 2. The fourth-order valence-corrected chi connectivity index (χ4v) is 3.17. The van der Waals surface area contributed by atoms with Crippen LogP contribution in [0.3, 0.4) is 0 Å². The first kappa shape index (κ1) is 12.2. The van der Waals surface area contributed by atoms with Crippen molar-refractivity contribution in [2.24, 2.45) is 0 Å². The van der Waals surface area contributed by atoms with E-state index in [1.54, 1.807) is 17.5 Å². The molecule has 0 aliphatic heterocycles. The largest absolute Gasteiger partial charge is 0.264 e. The Morgan fingerprint density at radius 3 is 2.62 bits per heavy atom. The maximum absolute atomic E-state index is 4.40. The van der Waals surface area contributed by atoms with E-state index in [1.165, 1.54) is 10.8 Å². The lowest BCUT2D eigenvalue weighted by Crippen LogP contribution is -1.75. The number of hydrogen-bond acceptors (Lipinski definition) is 3. The summed E-state index contributed by atoms with van der Waals surface area (Å²) in [4.78, 5) is 9.59. The van der Waals surface area contributed by atoms with Crippen LogP contribution in [0.1, 0.15) is 0 Å². The second-order valence-electron chi connectivity index (χ2n) is 4.76. The van der Waals surface area contributed by atoms with Crippen molar-refractivity contribution in [1.82, 2.24) is 9.97 Å². The van der Waals surface area contributed by atoms with Crippen LogP contribution in [0, 0.1) is 6.20 Å². The van der Waals surface area contributed by atoms with Crippen molar-refractivity contribution >= 4 is 22.1 Å². The van der Waals surface area contributed by atoms with E-state index >= 15 is 0 Å². The lowest BCUT2D eigenvalue weighted by Gasteiger charge is -2.00. The number of pyridine rings is 1. The molecular formula is C18H11N2S.